The second kappa shape index (κ2) is 4.55. The van der Waals surface area contributed by atoms with Gasteiger partial charge in [-0.1, -0.05) is 24.3 Å². The average molecular weight is 310 g/mol. The van der Waals surface area contributed by atoms with Gasteiger partial charge in [-0.05, 0) is 5.39 Å². The van der Waals surface area contributed by atoms with Crippen LogP contribution in [0.2, 0.25) is 0 Å². The third-order valence-electron chi connectivity index (χ3n) is 3.80. The van der Waals surface area contributed by atoms with E-state index < -0.39 is 11.7 Å². The molecule has 2 heterocycles. The van der Waals surface area contributed by atoms with Crippen molar-refractivity contribution >= 4 is 39.2 Å². The molecule has 23 heavy (non-hydrogen) atoms. The van der Waals surface area contributed by atoms with Crippen LogP contribution in [0.3, 0.4) is 0 Å². The minimum Gasteiger partial charge on any atom is -0.475 e. The molecule has 114 valence electrons. The summed E-state index contributed by atoms with van der Waals surface area (Å²) < 4.78 is 1.53. The van der Waals surface area contributed by atoms with Crippen molar-refractivity contribution in [3.05, 3.63) is 52.2 Å². The maximum atomic E-state index is 12.2. The minimum absolute atomic E-state index is 0.163. The van der Waals surface area contributed by atoms with E-state index in [1.807, 2.05) is 0 Å². The van der Waals surface area contributed by atoms with Crippen LogP contribution >= 0.6 is 0 Å². The molecule has 0 fully saturated rings. The number of hydrogen-bond acceptors (Lipinski definition) is 5. The first-order valence-electron chi connectivity index (χ1n) is 6.67. The van der Waals surface area contributed by atoms with Crippen LogP contribution in [0, 0.1) is 0 Å². The van der Waals surface area contributed by atoms with E-state index in [-0.39, 0.29) is 11.2 Å². The number of nitrogens with zero attached hydrogens (tertiary/aromatic N) is 2. The molecule has 0 bridgehead atoms. The Balaban J connectivity index is 2.49. The Morgan fingerprint density at radius 1 is 1.30 bits per heavy atom. The highest BCUT2D eigenvalue weighted by Crippen LogP contribution is 2.22. The molecule has 0 saturated heterocycles. The summed E-state index contributed by atoms with van der Waals surface area (Å²) in [4.78, 5) is 35.1. The standard InChI is InChI=1S/C15H10N4O4/c16-23-12(15(21)22)9-7-3-1-2-4-8(7)10-11(9)19-6-5-17-13(19)14(20)18-10/h1-6H,16H2,(H,18,20)(H,21,22). The van der Waals surface area contributed by atoms with Gasteiger partial charge in [0.25, 0.3) is 5.56 Å². The molecule has 2 aromatic heterocycles. The highest BCUT2D eigenvalue weighted by atomic mass is 16.6. The Hall–Kier alpha value is -3.39. The summed E-state index contributed by atoms with van der Waals surface area (Å²) in [6.45, 7) is 0. The summed E-state index contributed by atoms with van der Waals surface area (Å²) in [7, 11) is 0. The van der Waals surface area contributed by atoms with Crippen LogP contribution in [0.1, 0.15) is 0 Å². The van der Waals surface area contributed by atoms with Crippen LogP contribution in [-0.4, -0.2) is 25.4 Å². The van der Waals surface area contributed by atoms with Crippen LogP contribution in [0.4, 0.5) is 0 Å². The molecular formula is C15H10N4O4. The molecule has 0 aliphatic rings. The van der Waals surface area contributed by atoms with Gasteiger partial charge in [-0.2, -0.15) is 5.90 Å². The number of benzene rings is 1. The molecule has 0 unspecified atom stereocenters. The second-order valence-corrected chi connectivity index (χ2v) is 4.97. The number of aromatic amines is 1. The summed E-state index contributed by atoms with van der Waals surface area (Å²) in [5.74, 6) is 3.48. The number of H-pyrrole nitrogens is 1. The van der Waals surface area contributed by atoms with E-state index >= 15 is 0 Å². The van der Waals surface area contributed by atoms with E-state index in [9.17, 15) is 14.7 Å². The van der Waals surface area contributed by atoms with Gasteiger partial charge in [0.15, 0.2) is 0 Å². The summed E-state index contributed by atoms with van der Waals surface area (Å²) in [6, 6.07) is 7.10. The topological polar surface area (TPSA) is 123 Å². The molecule has 0 amide bonds. The Labute approximate surface area is 127 Å². The fourth-order valence-corrected chi connectivity index (χ4v) is 2.93. The summed E-state index contributed by atoms with van der Waals surface area (Å²) in [6.07, 6.45) is 3.06. The van der Waals surface area contributed by atoms with Gasteiger partial charge in [0.1, 0.15) is 0 Å². The molecule has 4 N–H and O–H groups in total. The lowest BCUT2D eigenvalue weighted by atomic mass is 10.2. The second-order valence-electron chi connectivity index (χ2n) is 4.97. The monoisotopic (exact) mass is 310 g/mol. The Bertz CT molecular complexity index is 1210. The van der Waals surface area contributed by atoms with Gasteiger partial charge in [-0.3, -0.25) is 9.20 Å². The number of hydrogen-bond donors (Lipinski definition) is 3. The average Bonchev–Trinajstić information content (AvgIpc) is 3.13. The van der Waals surface area contributed by atoms with Gasteiger partial charge in [0.05, 0.1) is 16.3 Å². The minimum atomic E-state index is -1.30. The van der Waals surface area contributed by atoms with Gasteiger partial charge in [0, 0.05) is 17.8 Å². The number of carboxylic acids is 1. The Morgan fingerprint density at radius 3 is 2.74 bits per heavy atom. The SMILES string of the molecule is NOC(C(=O)O)=c1c2ccccc2c2[nH]c(=O)c3nccn3c12. The summed E-state index contributed by atoms with van der Waals surface area (Å²) in [5, 5.41) is 11.0. The molecule has 0 aliphatic heterocycles. The van der Waals surface area contributed by atoms with Crippen LogP contribution in [0.5, 0.6) is 0 Å². The molecule has 2 aromatic carbocycles. The molecule has 0 saturated carbocycles. The van der Waals surface area contributed by atoms with E-state index in [1.165, 1.54) is 10.6 Å². The number of aromatic nitrogens is 3. The summed E-state index contributed by atoms with van der Waals surface area (Å²) in [5.41, 5.74) is 0.772. The smallest absolute Gasteiger partial charge is 0.374 e. The van der Waals surface area contributed by atoms with Gasteiger partial charge >= 0.3 is 5.97 Å². The van der Waals surface area contributed by atoms with Crippen molar-refractivity contribution in [2.45, 2.75) is 0 Å². The third kappa shape index (κ3) is 1.66. The van der Waals surface area contributed by atoms with Crippen molar-refractivity contribution in [3.8, 4) is 0 Å². The zero-order valence-electron chi connectivity index (χ0n) is 11.6. The highest BCUT2D eigenvalue weighted by Gasteiger charge is 2.20. The van der Waals surface area contributed by atoms with E-state index in [1.54, 1.807) is 30.5 Å². The lowest BCUT2D eigenvalue weighted by Crippen LogP contribution is -2.20. The Morgan fingerprint density at radius 2 is 2.04 bits per heavy atom. The lowest BCUT2D eigenvalue weighted by Gasteiger charge is -2.01. The van der Waals surface area contributed by atoms with Crippen molar-refractivity contribution in [2.24, 2.45) is 5.90 Å². The van der Waals surface area contributed by atoms with Gasteiger partial charge in [-0.25, -0.2) is 9.78 Å². The quantitative estimate of drug-likeness (QED) is 0.452. The molecular weight excluding hydrogens is 300 g/mol. The number of nitrogens with two attached hydrogens (primary N) is 1. The molecule has 0 atom stereocenters. The van der Waals surface area contributed by atoms with Crippen molar-refractivity contribution < 1.29 is 14.7 Å². The van der Waals surface area contributed by atoms with E-state index in [0.29, 0.717) is 27.0 Å². The Kier molecular flexibility index (Phi) is 2.63. The molecule has 8 heteroatoms. The zero-order chi connectivity index (χ0) is 16.1. The number of imidazole rings is 1. The fraction of sp³-hybridized carbons (Fsp3) is 0. The molecule has 4 aromatic rings. The number of fused-ring (bicyclic) bond motifs is 5. The first-order valence-corrected chi connectivity index (χ1v) is 6.67. The van der Waals surface area contributed by atoms with Crippen LogP contribution in [0.15, 0.2) is 41.5 Å². The number of carboxylic acid groups (broad SMARTS) is 1. The van der Waals surface area contributed by atoms with E-state index in [0.717, 1.165) is 0 Å². The predicted octanol–water partition coefficient (Wildman–Crippen LogP) is 0.131. The first-order chi connectivity index (χ1) is 11.1. The van der Waals surface area contributed by atoms with Crippen LogP contribution < -0.4 is 16.7 Å². The van der Waals surface area contributed by atoms with Crippen molar-refractivity contribution in [1.82, 2.24) is 14.4 Å². The molecule has 0 radical (unpaired) electrons. The number of rotatable bonds is 2. The van der Waals surface area contributed by atoms with Crippen LogP contribution in [0.25, 0.3) is 33.2 Å². The lowest BCUT2D eigenvalue weighted by molar-refractivity contribution is -0.132. The summed E-state index contributed by atoms with van der Waals surface area (Å²) >= 11 is 0. The normalized spacial score (nSPS) is 12.9. The molecule has 4 rings (SSSR count). The largest absolute Gasteiger partial charge is 0.475 e. The van der Waals surface area contributed by atoms with E-state index in [4.69, 9.17) is 5.90 Å². The zero-order valence-corrected chi connectivity index (χ0v) is 11.6. The molecule has 8 nitrogen and oxygen atoms in total. The van der Waals surface area contributed by atoms with Gasteiger partial charge in [0.2, 0.25) is 11.4 Å². The van der Waals surface area contributed by atoms with Crippen molar-refractivity contribution in [3.63, 3.8) is 0 Å². The predicted molar refractivity (Wildman–Crippen MR) is 82.4 cm³/mol. The van der Waals surface area contributed by atoms with Crippen molar-refractivity contribution in [2.75, 3.05) is 0 Å². The number of nitrogens with one attached hydrogen (secondary N) is 1. The van der Waals surface area contributed by atoms with Crippen molar-refractivity contribution in [1.29, 1.82) is 0 Å². The maximum absolute atomic E-state index is 12.2. The first kappa shape index (κ1) is 13.3. The van der Waals surface area contributed by atoms with Gasteiger partial charge in [-0.15, -0.1) is 0 Å². The highest BCUT2D eigenvalue weighted by molar-refractivity contribution is 6.16. The fourth-order valence-electron chi connectivity index (χ4n) is 2.93. The van der Waals surface area contributed by atoms with Gasteiger partial charge < -0.3 is 14.9 Å². The maximum Gasteiger partial charge on any atom is 0.374 e. The van der Waals surface area contributed by atoms with E-state index in [2.05, 4.69) is 14.8 Å². The third-order valence-corrected chi connectivity index (χ3v) is 3.80. The number of aliphatic carboxylic acids is 1. The number of carbonyl (C=O) groups is 1. The molecule has 0 spiro atoms. The molecule has 0 aliphatic carbocycles. The van der Waals surface area contributed by atoms with Crippen LogP contribution in [-0.2, 0) is 9.63 Å².